The number of hydrogen-bond acceptors (Lipinski definition) is 9. The third-order valence-electron chi connectivity index (χ3n) is 5.80. The van der Waals surface area contributed by atoms with Crippen molar-refractivity contribution in [2.24, 2.45) is 0 Å². The summed E-state index contributed by atoms with van der Waals surface area (Å²) in [6.07, 6.45) is 1.96. The first kappa shape index (κ1) is 22.2. The Hall–Kier alpha value is -4.60. The lowest BCUT2D eigenvalue weighted by Crippen LogP contribution is -2.28. The summed E-state index contributed by atoms with van der Waals surface area (Å²) in [5.74, 6) is 1.83. The number of aromatic nitrogens is 6. The minimum Gasteiger partial charge on any atom is -0.383 e. The molecule has 5 aromatic rings. The molecule has 1 atom stereocenters. The predicted octanol–water partition coefficient (Wildman–Crippen LogP) is 3.99. The van der Waals surface area contributed by atoms with Crippen LogP contribution in [0.1, 0.15) is 36.6 Å². The number of anilines is 2. The second kappa shape index (κ2) is 8.98. The molecule has 10 nitrogen and oxygen atoms in total. The van der Waals surface area contributed by atoms with E-state index in [9.17, 15) is 4.79 Å². The van der Waals surface area contributed by atoms with E-state index in [0.29, 0.717) is 40.4 Å². The molecule has 176 valence electrons. The summed E-state index contributed by atoms with van der Waals surface area (Å²) < 4.78 is 6.99. The molecule has 1 unspecified atom stereocenters. The van der Waals surface area contributed by atoms with E-state index in [-0.39, 0.29) is 17.3 Å². The van der Waals surface area contributed by atoms with Crippen molar-refractivity contribution in [1.82, 2.24) is 29.7 Å². The molecule has 0 bridgehead atoms. The van der Waals surface area contributed by atoms with E-state index >= 15 is 0 Å². The molecule has 2 aromatic carbocycles. The third kappa shape index (κ3) is 3.99. The molecule has 0 aliphatic heterocycles. The van der Waals surface area contributed by atoms with E-state index < -0.39 is 6.04 Å². The van der Waals surface area contributed by atoms with Crippen LogP contribution in [0.4, 0.5) is 11.6 Å². The van der Waals surface area contributed by atoms with Gasteiger partial charge in [-0.15, -0.1) is 0 Å². The Morgan fingerprint density at radius 3 is 2.57 bits per heavy atom. The highest BCUT2D eigenvalue weighted by Crippen LogP contribution is 2.32. The number of para-hydroxylation sites is 1. The fraction of sp³-hybridized carbons (Fsp3) is 0.200. The molecule has 35 heavy (non-hydrogen) atoms. The van der Waals surface area contributed by atoms with Gasteiger partial charge in [-0.25, -0.2) is 15.0 Å². The van der Waals surface area contributed by atoms with Gasteiger partial charge < -0.3 is 15.6 Å². The molecule has 0 saturated heterocycles. The maximum Gasteiger partial charge on any atom is 0.266 e. The van der Waals surface area contributed by atoms with Crippen LogP contribution in [-0.2, 0) is 0 Å². The van der Waals surface area contributed by atoms with Crippen molar-refractivity contribution >= 4 is 22.5 Å². The Morgan fingerprint density at radius 1 is 1.06 bits per heavy atom. The zero-order chi connectivity index (χ0) is 24.5. The summed E-state index contributed by atoms with van der Waals surface area (Å²) in [7, 11) is 0. The van der Waals surface area contributed by atoms with Crippen LogP contribution in [0.2, 0.25) is 0 Å². The molecule has 0 radical (unpaired) electrons. The van der Waals surface area contributed by atoms with Gasteiger partial charge in [0, 0.05) is 0 Å². The van der Waals surface area contributed by atoms with Gasteiger partial charge in [0.05, 0.1) is 22.6 Å². The normalized spacial score (nSPS) is 12.1. The maximum absolute atomic E-state index is 13.8. The zero-order valence-corrected chi connectivity index (χ0v) is 19.6. The quantitative estimate of drug-likeness (QED) is 0.379. The molecular formula is C25H24N8O2. The lowest BCUT2D eigenvalue weighted by Gasteiger charge is -2.23. The van der Waals surface area contributed by atoms with E-state index in [2.05, 4.69) is 25.4 Å². The van der Waals surface area contributed by atoms with Crippen molar-refractivity contribution in [3.63, 3.8) is 0 Å². The minimum atomic E-state index is -0.398. The molecule has 3 aromatic heterocycles. The molecule has 0 fully saturated rings. The van der Waals surface area contributed by atoms with Gasteiger partial charge in [0.2, 0.25) is 0 Å². The molecule has 0 aliphatic rings. The zero-order valence-electron chi connectivity index (χ0n) is 19.6. The van der Waals surface area contributed by atoms with Crippen LogP contribution in [0.15, 0.2) is 64.2 Å². The fourth-order valence-corrected chi connectivity index (χ4v) is 4.11. The van der Waals surface area contributed by atoms with E-state index in [4.69, 9.17) is 15.2 Å². The summed E-state index contributed by atoms with van der Waals surface area (Å²) in [4.78, 5) is 31.5. The highest BCUT2D eigenvalue weighted by Gasteiger charge is 2.24. The standard InChI is InChI=1S/C25H24N8O2/c1-4-17(30-22-20(21(26)27-13-28-22)24-29-15(3)32-35-24)23-31-18-12-8-9-14(2)19(18)25(34)33(23)16-10-6-5-7-11-16/h5-13,17H,4H2,1-3H3,(H3,26,27,28,30). The summed E-state index contributed by atoms with van der Waals surface area (Å²) in [6, 6.07) is 14.7. The summed E-state index contributed by atoms with van der Waals surface area (Å²) in [5.41, 5.74) is 8.65. The van der Waals surface area contributed by atoms with Gasteiger partial charge in [0.15, 0.2) is 5.82 Å². The number of fused-ring (bicyclic) bond motifs is 1. The maximum atomic E-state index is 13.8. The topological polar surface area (TPSA) is 138 Å². The van der Waals surface area contributed by atoms with Gasteiger partial charge in [-0.3, -0.25) is 9.36 Å². The highest BCUT2D eigenvalue weighted by molar-refractivity contribution is 5.82. The lowest BCUT2D eigenvalue weighted by molar-refractivity contribution is 0.425. The van der Waals surface area contributed by atoms with Gasteiger partial charge in [0.25, 0.3) is 11.4 Å². The van der Waals surface area contributed by atoms with Crippen molar-refractivity contribution < 1.29 is 4.52 Å². The third-order valence-corrected chi connectivity index (χ3v) is 5.80. The fourth-order valence-electron chi connectivity index (χ4n) is 4.11. The van der Waals surface area contributed by atoms with Gasteiger partial charge in [0.1, 0.15) is 29.4 Å². The van der Waals surface area contributed by atoms with Crippen molar-refractivity contribution in [3.05, 3.63) is 82.4 Å². The highest BCUT2D eigenvalue weighted by atomic mass is 16.5. The number of nitrogens with zero attached hydrogens (tertiary/aromatic N) is 6. The van der Waals surface area contributed by atoms with Crippen LogP contribution in [-0.4, -0.2) is 29.7 Å². The Morgan fingerprint density at radius 2 is 1.86 bits per heavy atom. The first-order valence-corrected chi connectivity index (χ1v) is 11.2. The Bertz CT molecular complexity index is 1580. The number of benzene rings is 2. The second-order valence-corrected chi connectivity index (χ2v) is 8.15. The Labute approximate surface area is 200 Å². The van der Waals surface area contributed by atoms with Crippen LogP contribution in [0.25, 0.3) is 28.0 Å². The molecule has 3 N–H and O–H groups in total. The van der Waals surface area contributed by atoms with E-state index in [1.165, 1.54) is 6.33 Å². The first-order chi connectivity index (χ1) is 17.0. The summed E-state index contributed by atoms with van der Waals surface area (Å²) in [5, 5.41) is 7.84. The van der Waals surface area contributed by atoms with Gasteiger partial charge in [-0.1, -0.05) is 42.4 Å². The number of rotatable bonds is 6. The van der Waals surface area contributed by atoms with Crippen LogP contribution in [0, 0.1) is 13.8 Å². The van der Waals surface area contributed by atoms with Gasteiger partial charge in [-0.05, 0) is 44.0 Å². The number of aryl methyl sites for hydroxylation is 2. The molecule has 0 spiro atoms. The number of nitrogens with one attached hydrogen (secondary N) is 1. The predicted molar refractivity (Wildman–Crippen MR) is 133 cm³/mol. The average molecular weight is 469 g/mol. The van der Waals surface area contributed by atoms with Crippen LogP contribution in [0.5, 0.6) is 0 Å². The molecule has 3 heterocycles. The SMILES string of the molecule is CCC(Nc1ncnc(N)c1-c1nc(C)no1)c1nc2cccc(C)c2c(=O)n1-c1ccccc1. The lowest BCUT2D eigenvalue weighted by atomic mass is 10.1. The summed E-state index contributed by atoms with van der Waals surface area (Å²) in [6.45, 7) is 5.63. The van der Waals surface area contributed by atoms with Crippen LogP contribution >= 0.6 is 0 Å². The van der Waals surface area contributed by atoms with E-state index in [0.717, 1.165) is 11.3 Å². The Balaban J connectivity index is 1.71. The van der Waals surface area contributed by atoms with Crippen molar-refractivity contribution in [2.75, 3.05) is 11.1 Å². The van der Waals surface area contributed by atoms with Gasteiger partial charge >= 0.3 is 0 Å². The summed E-state index contributed by atoms with van der Waals surface area (Å²) >= 11 is 0. The second-order valence-electron chi connectivity index (χ2n) is 8.15. The molecule has 0 amide bonds. The number of hydrogen-bond donors (Lipinski definition) is 2. The number of nitrogens with two attached hydrogens (primary N) is 1. The van der Waals surface area contributed by atoms with E-state index in [1.807, 2.05) is 62.4 Å². The van der Waals surface area contributed by atoms with Crippen molar-refractivity contribution in [2.45, 2.75) is 33.2 Å². The molecule has 0 aliphatic carbocycles. The number of nitrogen functional groups attached to an aromatic ring is 1. The van der Waals surface area contributed by atoms with Crippen molar-refractivity contribution in [1.29, 1.82) is 0 Å². The van der Waals surface area contributed by atoms with Crippen LogP contribution in [0.3, 0.4) is 0 Å². The molecule has 10 heteroatoms. The smallest absolute Gasteiger partial charge is 0.266 e. The first-order valence-electron chi connectivity index (χ1n) is 11.2. The average Bonchev–Trinajstić information content (AvgIpc) is 3.28. The molecular weight excluding hydrogens is 444 g/mol. The largest absolute Gasteiger partial charge is 0.383 e. The van der Waals surface area contributed by atoms with Gasteiger partial charge in [-0.2, -0.15) is 4.98 Å². The monoisotopic (exact) mass is 468 g/mol. The molecule has 5 rings (SSSR count). The minimum absolute atomic E-state index is 0.135. The Kier molecular flexibility index (Phi) is 5.69. The molecule has 0 saturated carbocycles. The van der Waals surface area contributed by atoms with E-state index in [1.54, 1.807) is 11.5 Å². The van der Waals surface area contributed by atoms with Crippen LogP contribution < -0.4 is 16.6 Å². The van der Waals surface area contributed by atoms with Crippen molar-refractivity contribution in [3.8, 4) is 17.1 Å².